The average molecular weight is 314 g/mol. The minimum Gasteiger partial charge on any atom is -0.311 e. The fourth-order valence-corrected chi connectivity index (χ4v) is 3.30. The van der Waals surface area contributed by atoms with Crippen molar-refractivity contribution in [2.24, 2.45) is 7.05 Å². The van der Waals surface area contributed by atoms with Gasteiger partial charge in [0.2, 0.25) is 0 Å². The van der Waals surface area contributed by atoms with Gasteiger partial charge in [0.15, 0.2) is 0 Å². The molecule has 2 aromatic heterocycles. The summed E-state index contributed by atoms with van der Waals surface area (Å²) < 4.78 is 3.10. The molecule has 17 heavy (non-hydrogen) atoms. The van der Waals surface area contributed by atoms with E-state index in [1.54, 1.807) is 11.3 Å². The Bertz CT molecular complexity index is 484. The first-order chi connectivity index (χ1) is 8.10. The van der Waals surface area contributed by atoms with Gasteiger partial charge < -0.3 is 5.32 Å². The second-order valence-corrected chi connectivity index (χ2v) is 6.63. The maximum Gasteiger partial charge on any atom is 0.0800 e. The lowest BCUT2D eigenvalue weighted by Gasteiger charge is -2.12. The molecule has 0 amide bonds. The molecule has 0 saturated carbocycles. The highest BCUT2D eigenvalue weighted by Crippen LogP contribution is 2.26. The minimum absolute atomic E-state index is 0.278. The van der Waals surface area contributed by atoms with Crippen LogP contribution in [-0.2, 0) is 13.5 Å². The van der Waals surface area contributed by atoms with Crippen LogP contribution in [0.1, 0.15) is 22.3 Å². The van der Waals surface area contributed by atoms with E-state index >= 15 is 0 Å². The van der Waals surface area contributed by atoms with Gasteiger partial charge in [0.05, 0.1) is 15.5 Å². The van der Waals surface area contributed by atoms with Crippen molar-refractivity contribution in [1.29, 1.82) is 0 Å². The van der Waals surface area contributed by atoms with Crippen LogP contribution in [0.25, 0.3) is 0 Å². The molecule has 0 saturated heterocycles. The van der Waals surface area contributed by atoms with E-state index in [0.29, 0.717) is 0 Å². The molecule has 0 aromatic carbocycles. The normalized spacial score (nSPS) is 12.9. The quantitative estimate of drug-likeness (QED) is 0.940. The Labute approximate surface area is 114 Å². The predicted molar refractivity (Wildman–Crippen MR) is 75.5 cm³/mol. The number of rotatable bonds is 4. The van der Waals surface area contributed by atoms with Crippen LogP contribution in [0.4, 0.5) is 0 Å². The molecule has 2 aromatic rings. The first kappa shape index (κ1) is 12.8. The fraction of sp³-hybridized carbons (Fsp3) is 0.417. The Hall–Kier alpha value is -0.650. The van der Waals surface area contributed by atoms with Crippen LogP contribution in [0.3, 0.4) is 0 Å². The van der Waals surface area contributed by atoms with Gasteiger partial charge in [-0.25, -0.2) is 0 Å². The third kappa shape index (κ3) is 2.97. The average Bonchev–Trinajstić information content (AvgIpc) is 2.83. The summed E-state index contributed by atoms with van der Waals surface area (Å²) in [4.78, 5) is 1.36. The molecule has 5 heteroatoms. The molecular formula is C12H16BrN3S. The van der Waals surface area contributed by atoms with Crippen molar-refractivity contribution in [2.75, 3.05) is 7.05 Å². The van der Waals surface area contributed by atoms with Gasteiger partial charge in [0, 0.05) is 24.0 Å². The van der Waals surface area contributed by atoms with Crippen molar-refractivity contribution < 1.29 is 0 Å². The fourth-order valence-electron chi connectivity index (χ4n) is 1.78. The molecule has 0 spiro atoms. The van der Waals surface area contributed by atoms with E-state index in [4.69, 9.17) is 0 Å². The Morgan fingerprint density at radius 1 is 1.53 bits per heavy atom. The van der Waals surface area contributed by atoms with Crippen molar-refractivity contribution >= 4 is 27.3 Å². The number of hydrogen-bond donors (Lipinski definition) is 1. The van der Waals surface area contributed by atoms with Crippen LogP contribution < -0.4 is 5.32 Å². The van der Waals surface area contributed by atoms with E-state index in [-0.39, 0.29) is 6.04 Å². The van der Waals surface area contributed by atoms with Crippen molar-refractivity contribution in [3.63, 3.8) is 0 Å². The second-order valence-electron chi connectivity index (χ2n) is 4.09. The molecule has 0 aliphatic rings. The standard InChI is InChI=1S/C12H16BrN3S/c1-8-6-11(15-16(8)3)10(14-2)7-9-4-5-12(13)17-9/h4-6,10,14H,7H2,1-3H3. The Kier molecular flexibility index (Phi) is 4.01. The molecule has 1 atom stereocenters. The zero-order valence-corrected chi connectivity index (χ0v) is 12.6. The lowest BCUT2D eigenvalue weighted by Crippen LogP contribution is -2.19. The lowest BCUT2D eigenvalue weighted by atomic mass is 10.1. The van der Waals surface area contributed by atoms with Crippen LogP contribution in [0, 0.1) is 6.92 Å². The lowest BCUT2D eigenvalue weighted by molar-refractivity contribution is 0.565. The molecule has 1 unspecified atom stereocenters. The van der Waals surface area contributed by atoms with Gasteiger partial charge in [-0.05, 0) is 48.1 Å². The van der Waals surface area contributed by atoms with Crippen LogP contribution >= 0.6 is 27.3 Å². The zero-order chi connectivity index (χ0) is 12.4. The number of aromatic nitrogens is 2. The van der Waals surface area contributed by atoms with Crippen LogP contribution in [0.15, 0.2) is 22.0 Å². The monoisotopic (exact) mass is 313 g/mol. The van der Waals surface area contributed by atoms with Gasteiger partial charge in [-0.15, -0.1) is 11.3 Å². The van der Waals surface area contributed by atoms with Gasteiger partial charge in [-0.2, -0.15) is 5.10 Å². The summed E-state index contributed by atoms with van der Waals surface area (Å²) in [5, 5.41) is 7.86. The van der Waals surface area contributed by atoms with E-state index in [1.807, 2.05) is 18.8 Å². The molecule has 2 heterocycles. The van der Waals surface area contributed by atoms with Gasteiger partial charge in [0.25, 0.3) is 0 Å². The third-order valence-corrected chi connectivity index (χ3v) is 4.52. The van der Waals surface area contributed by atoms with Gasteiger partial charge in [-0.1, -0.05) is 0 Å². The van der Waals surface area contributed by atoms with Crippen molar-refractivity contribution in [1.82, 2.24) is 15.1 Å². The number of halogens is 1. The van der Waals surface area contributed by atoms with Crippen molar-refractivity contribution in [2.45, 2.75) is 19.4 Å². The zero-order valence-electron chi connectivity index (χ0n) is 10.2. The van der Waals surface area contributed by atoms with E-state index in [9.17, 15) is 0 Å². The summed E-state index contributed by atoms with van der Waals surface area (Å²) in [7, 11) is 3.96. The number of thiophene rings is 1. The topological polar surface area (TPSA) is 29.9 Å². The molecule has 0 aliphatic heterocycles. The molecule has 0 radical (unpaired) electrons. The van der Waals surface area contributed by atoms with Gasteiger partial charge >= 0.3 is 0 Å². The number of nitrogens with one attached hydrogen (secondary N) is 1. The molecule has 0 aliphatic carbocycles. The first-order valence-corrected chi connectivity index (χ1v) is 7.13. The first-order valence-electron chi connectivity index (χ1n) is 5.52. The third-order valence-electron chi connectivity index (χ3n) is 2.87. The summed E-state index contributed by atoms with van der Waals surface area (Å²) in [5.41, 5.74) is 2.30. The van der Waals surface area contributed by atoms with Crippen LogP contribution in [-0.4, -0.2) is 16.8 Å². The van der Waals surface area contributed by atoms with E-state index in [1.165, 1.54) is 14.4 Å². The Morgan fingerprint density at radius 2 is 2.29 bits per heavy atom. The molecule has 0 bridgehead atoms. The minimum atomic E-state index is 0.278. The molecule has 3 nitrogen and oxygen atoms in total. The number of hydrogen-bond acceptors (Lipinski definition) is 3. The number of aryl methyl sites for hydroxylation is 2. The maximum absolute atomic E-state index is 4.53. The second kappa shape index (κ2) is 5.33. The van der Waals surface area contributed by atoms with Crippen molar-refractivity contribution in [3.8, 4) is 0 Å². The van der Waals surface area contributed by atoms with Gasteiger partial charge in [-0.3, -0.25) is 4.68 Å². The molecule has 92 valence electrons. The van der Waals surface area contributed by atoms with E-state index in [0.717, 1.165) is 12.1 Å². The SMILES string of the molecule is CNC(Cc1ccc(Br)s1)c1cc(C)n(C)n1. The molecule has 0 fully saturated rings. The highest BCUT2D eigenvalue weighted by atomic mass is 79.9. The molecule has 2 rings (SSSR count). The van der Waals surface area contributed by atoms with Crippen molar-refractivity contribution in [3.05, 3.63) is 38.3 Å². The number of likely N-dealkylation sites (N-methyl/N-ethyl adjacent to an activating group) is 1. The summed E-state index contributed by atoms with van der Waals surface area (Å²) >= 11 is 5.27. The highest BCUT2D eigenvalue weighted by molar-refractivity contribution is 9.11. The molecule has 1 N–H and O–H groups in total. The van der Waals surface area contributed by atoms with Crippen LogP contribution in [0.5, 0.6) is 0 Å². The summed E-state index contributed by atoms with van der Waals surface area (Å²) in [6.45, 7) is 2.07. The van der Waals surface area contributed by atoms with E-state index < -0.39 is 0 Å². The largest absolute Gasteiger partial charge is 0.311 e. The Morgan fingerprint density at radius 3 is 2.76 bits per heavy atom. The molecular weight excluding hydrogens is 298 g/mol. The predicted octanol–water partition coefficient (Wildman–Crippen LogP) is 3.06. The summed E-state index contributed by atoms with van der Waals surface area (Å²) in [5.74, 6) is 0. The van der Waals surface area contributed by atoms with Crippen LogP contribution in [0.2, 0.25) is 0 Å². The van der Waals surface area contributed by atoms with Gasteiger partial charge in [0.1, 0.15) is 0 Å². The number of nitrogens with zero attached hydrogens (tertiary/aromatic N) is 2. The summed E-state index contributed by atoms with van der Waals surface area (Å²) in [6.07, 6.45) is 0.975. The smallest absolute Gasteiger partial charge is 0.0800 e. The highest BCUT2D eigenvalue weighted by Gasteiger charge is 2.15. The Balaban J connectivity index is 2.16. The maximum atomic E-state index is 4.53. The van der Waals surface area contributed by atoms with E-state index in [2.05, 4.69) is 51.5 Å². The summed E-state index contributed by atoms with van der Waals surface area (Å²) in [6, 6.07) is 6.68.